The lowest BCUT2D eigenvalue weighted by atomic mass is 10.1. The minimum absolute atomic E-state index is 0.0717. The Labute approximate surface area is 157 Å². The van der Waals surface area contributed by atoms with E-state index in [0.29, 0.717) is 31.6 Å². The molecular formula is C20H23F2NO4. The van der Waals surface area contributed by atoms with Crippen LogP contribution in [0.3, 0.4) is 0 Å². The first-order chi connectivity index (χ1) is 13.0. The van der Waals surface area contributed by atoms with Crippen LogP contribution in [0.15, 0.2) is 42.5 Å². The number of benzene rings is 2. The van der Waals surface area contributed by atoms with Crippen molar-refractivity contribution >= 4 is 5.91 Å². The van der Waals surface area contributed by atoms with E-state index < -0.39 is 6.61 Å². The summed E-state index contributed by atoms with van der Waals surface area (Å²) in [5.74, 6) is 1.47. The molecule has 0 aliphatic carbocycles. The molecule has 0 bridgehead atoms. The van der Waals surface area contributed by atoms with Crippen molar-refractivity contribution in [2.24, 2.45) is 0 Å². The highest BCUT2D eigenvalue weighted by molar-refractivity contribution is 5.76. The summed E-state index contributed by atoms with van der Waals surface area (Å²) in [5.41, 5.74) is 1.83. The van der Waals surface area contributed by atoms with Crippen molar-refractivity contribution in [1.29, 1.82) is 0 Å². The van der Waals surface area contributed by atoms with Crippen molar-refractivity contribution in [3.8, 4) is 17.2 Å². The summed E-state index contributed by atoms with van der Waals surface area (Å²) in [4.78, 5) is 12.0. The molecule has 27 heavy (non-hydrogen) atoms. The van der Waals surface area contributed by atoms with Gasteiger partial charge in [0, 0.05) is 13.0 Å². The standard InChI is InChI=1S/C20H23F2NO4/c1-25-17-8-9-18(26-2)15(13-17)5-10-19(24)23-12-11-14-3-6-16(7-4-14)27-20(21)22/h3-4,6-9,13,20H,5,10-12H2,1-2H3,(H,23,24). The zero-order valence-electron chi connectivity index (χ0n) is 15.3. The van der Waals surface area contributed by atoms with Gasteiger partial charge < -0.3 is 19.5 Å². The van der Waals surface area contributed by atoms with Crippen LogP contribution in [0.25, 0.3) is 0 Å². The number of amides is 1. The van der Waals surface area contributed by atoms with Gasteiger partial charge in [-0.2, -0.15) is 8.78 Å². The lowest BCUT2D eigenvalue weighted by Crippen LogP contribution is -2.25. The SMILES string of the molecule is COc1ccc(OC)c(CCC(=O)NCCc2ccc(OC(F)F)cc2)c1. The number of hydrogen-bond donors (Lipinski definition) is 1. The van der Waals surface area contributed by atoms with E-state index in [0.717, 1.165) is 16.9 Å². The topological polar surface area (TPSA) is 56.8 Å². The van der Waals surface area contributed by atoms with Gasteiger partial charge in [0.25, 0.3) is 0 Å². The molecule has 0 unspecified atom stereocenters. The number of ether oxygens (including phenoxy) is 3. The van der Waals surface area contributed by atoms with E-state index >= 15 is 0 Å². The van der Waals surface area contributed by atoms with Crippen LogP contribution in [0.2, 0.25) is 0 Å². The molecule has 0 aliphatic rings. The second kappa shape index (κ2) is 10.4. The van der Waals surface area contributed by atoms with Crippen LogP contribution in [-0.2, 0) is 17.6 Å². The zero-order chi connectivity index (χ0) is 19.6. The van der Waals surface area contributed by atoms with E-state index in [1.807, 2.05) is 12.1 Å². The highest BCUT2D eigenvalue weighted by atomic mass is 19.3. The van der Waals surface area contributed by atoms with Crippen molar-refractivity contribution in [3.05, 3.63) is 53.6 Å². The first-order valence-electron chi connectivity index (χ1n) is 8.53. The van der Waals surface area contributed by atoms with Gasteiger partial charge in [-0.05, 0) is 54.3 Å². The third kappa shape index (κ3) is 6.77. The largest absolute Gasteiger partial charge is 0.497 e. The summed E-state index contributed by atoms with van der Waals surface area (Å²) in [7, 11) is 3.17. The Kier molecular flexibility index (Phi) is 7.85. The Morgan fingerprint density at radius 2 is 1.70 bits per heavy atom. The van der Waals surface area contributed by atoms with E-state index in [1.165, 1.54) is 12.1 Å². The third-order valence-electron chi connectivity index (χ3n) is 3.99. The van der Waals surface area contributed by atoms with Gasteiger partial charge >= 0.3 is 6.61 Å². The van der Waals surface area contributed by atoms with Crippen LogP contribution >= 0.6 is 0 Å². The molecule has 0 radical (unpaired) electrons. The Balaban J connectivity index is 1.76. The molecule has 0 heterocycles. The van der Waals surface area contributed by atoms with Gasteiger partial charge in [0.05, 0.1) is 14.2 Å². The molecular weight excluding hydrogens is 356 g/mol. The van der Waals surface area contributed by atoms with Gasteiger partial charge in [-0.15, -0.1) is 0 Å². The Hall–Kier alpha value is -2.83. The molecule has 0 spiro atoms. The monoisotopic (exact) mass is 379 g/mol. The van der Waals surface area contributed by atoms with Crippen molar-refractivity contribution in [2.75, 3.05) is 20.8 Å². The summed E-state index contributed by atoms with van der Waals surface area (Å²) in [6.45, 7) is -2.37. The van der Waals surface area contributed by atoms with Crippen LogP contribution in [0, 0.1) is 0 Å². The average Bonchev–Trinajstić information content (AvgIpc) is 2.67. The molecule has 0 aromatic heterocycles. The van der Waals surface area contributed by atoms with Crippen molar-refractivity contribution in [1.82, 2.24) is 5.32 Å². The fourth-order valence-electron chi connectivity index (χ4n) is 2.60. The normalized spacial score (nSPS) is 10.6. The summed E-state index contributed by atoms with van der Waals surface area (Å²) in [5, 5.41) is 2.85. The van der Waals surface area contributed by atoms with Crippen LogP contribution in [0.1, 0.15) is 17.5 Å². The quantitative estimate of drug-likeness (QED) is 0.685. The minimum atomic E-state index is -2.83. The molecule has 1 N–H and O–H groups in total. The fourth-order valence-corrected chi connectivity index (χ4v) is 2.60. The molecule has 0 fully saturated rings. The van der Waals surface area contributed by atoms with Gasteiger partial charge in [-0.1, -0.05) is 12.1 Å². The highest BCUT2D eigenvalue weighted by Crippen LogP contribution is 2.25. The number of rotatable bonds is 10. The molecule has 0 aliphatic heterocycles. The van der Waals surface area contributed by atoms with Gasteiger partial charge in [0.15, 0.2) is 0 Å². The van der Waals surface area contributed by atoms with Crippen molar-refractivity contribution < 1.29 is 27.8 Å². The number of methoxy groups -OCH3 is 2. The maximum atomic E-state index is 12.1. The lowest BCUT2D eigenvalue weighted by molar-refractivity contribution is -0.121. The van der Waals surface area contributed by atoms with Gasteiger partial charge in [0.2, 0.25) is 5.91 Å². The van der Waals surface area contributed by atoms with Gasteiger partial charge in [-0.25, -0.2) is 0 Å². The van der Waals surface area contributed by atoms with E-state index in [1.54, 1.807) is 32.4 Å². The Bertz CT molecular complexity index is 735. The first-order valence-corrected chi connectivity index (χ1v) is 8.53. The molecule has 0 atom stereocenters. The molecule has 5 nitrogen and oxygen atoms in total. The summed E-state index contributed by atoms with van der Waals surface area (Å²) >= 11 is 0. The van der Waals surface area contributed by atoms with Crippen LogP contribution < -0.4 is 19.5 Å². The molecule has 146 valence electrons. The van der Waals surface area contributed by atoms with Gasteiger partial charge in [0.1, 0.15) is 17.2 Å². The third-order valence-corrected chi connectivity index (χ3v) is 3.99. The molecule has 2 aromatic carbocycles. The van der Waals surface area contributed by atoms with Crippen LogP contribution in [-0.4, -0.2) is 33.3 Å². The minimum Gasteiger partial charge on any atom is -0.497 e. The number of halogens is 2. The van der Waals surface area contributed by atoms with E-state index in [9.17, 15) is 13.6 Å². The maximum Gasteiger partial charge on any atom is 0.387 e. The predicted octanol–water partition coefficient (Wildman–Crippen LogP) is 3.60. The molecule has 2 rings (SSSR count). The van der Waals surface area contributed by atoms with Crippen LogP contribution in [0.4, 0.5) is 8.78 Å². The number of nitrogens with one attached hydrogen (secondary N) is 1. The number of carbonyl (C=O) groups excluding carboxylic acids is 1. The molecule has 0 saturated carbocycles. The average molecular weight is 379 g/mol. The van der Waals surface area contributed by atoms with E-state index in [2.05, 4.69) is 10.1 Å². The number of carbonyl (C=O) groups is 1. The summed E-state index contributed by atoms with van der Waals surface area (Å²) in [6.07, 6.45) is 1.46. The fraction of sp³-hybridized carbons (Fsp3) is 0.350. The number of hydrogen-bond acceptors (Lipinski definition) is 4. The zero-order valence-corrected chi connectivity index (χ0v) is 15.3. The van der Waals surface area contributed by atoms with Crippen LogP contribution in [0.5, 0.6) is 17.2 Å². The van der Waals surface area contributed by atoms with Crippen molar-refractivity contribution in [3.63, 3.8) is 0 Å². The second-order valence-electron chi connectivity index (χ2n) is 5.80. The van der Waals surface area contributed by atoms with E-state index in [4.69, 9.17) is 9.47 Å². The Morgan fingerprint density at radius 1 is 1.00 bits per heavy atom. The predicted molar refractivity (Wildman–Crippen MR) is 97.7 cm³/mol. The molecule has 1 amide bonds. The molecule has 2 aromatic rings. The number of aryl methyl sites for hydroxylation is 1. The Morgan fingerprint density at radius 3 is 2.33 bits per heavy atom. The van der Waals surface area contributed by atoms with Gasteiger partial charge in [-0.3, -0.25) is 4.79 Å². The number of alkyl halides is 2. The lowest BCUT2D eigenvalue weighted by Gasteiger charge is -2.11. The maximum absolute atomic E-state index is 12.1. The molecule has 7 heteroatoms. The second-order valence-corrected chi connectivity index (χ2v) is 5.80. The molecule has 0 saturated heterocycles. The highest BCUT2D eigenvalue weighted by Gasteiger charge is 2.09. The summed E-state index contributed by atoms with van der Waals surface area (Å²) < 4.78 is 39.0. The summed E-state index contributed by atoms with van der Waals surface area (Å²) in [6, 6.07) is 11.8. The van der Waals surface area contributed by atoms with Crippen molar-refractivity contribution in [2.45, 2.75) is 25.9 Å². The first kappa shape index (κ1) is 20.5. The van der Waals surface area contributed by atoms with E-state index in [-0.39, 0.29) is 11.7 Å². The smallest absolute Gasteiger partial charge is 0.387 e.